The summed E-state index contributed by atoms with van der Waals surface area (Å²) in [5.41, 5.74) is -0.0602. The normalized spacial score (nSPS) is 10.2. The molecule has 1 heterocycles. The molecule has 2 aromatic rings. The Labute approximate surface area is 101 Å². The first-order valence-corrected chi connectivity index (χ1v) is 5.02. The summed E-state index contributed by atoms with van der Waals surface area (Å²) in [5.74, 6) is 0. The minimum Gasteiger partial charge on any atom is -0.258 e. The zero-order chi connectivity index (χ0) is 13.1. The van der Waals surface area contributed by atoms with E-state index in [1.165, 1.54) is 30.3 Å². The van der Waals surface area contributed by atoms with Gasteiger partial charge >= 0.3 is 5.69 Å². The predicted octanol–water partition coefficient (Wildman–Crippen LogP) is 0.523. The summed E-state index contributed by atoms with van der Waals surface area (Å²) in [4.78, 5) is 21.8. The monoisotopic (exact) mass is 247 g/mol. The topological polar surface area (TPSA) is 95.8 Å². The fourth-order valence-electron chi connectivity index (χ4n) is 1.39. The van der Waals surface area contributed by atoms with Gasteiger partial charge in [-0.2, -0.15) is 9.36 Å². The molecular weight excluding hydrogens is 238 g/mol. The molecule has 1 aromatic carbocycles. The molecule has 0 aliphatic heterocycles. The number of non-ortho nitro benzene ring substituents is 1. The highest BCUT2D eigenvalue weighted by molar-refractivity contribution is 5.39. The maximum absolute atomic E-state index is 11.8. The lowest BCUT2D eigenvalue weighted by Crippen LogP contribution is -2.23. The van der Waals surface area contributed by atoms with Crippen LogP contribution in [-0.4, -0.2) is 24.7 Å². The fraction of sp³-hybridized carbons (Fsp3) is 0.100. The van der Waals surface area contributed by atoms with Crippen LogP contribution in [0.3, 0.4) is 0 Å². The molecule has 0 bridgehead atoms. The predicted molar refractivity (Wildman–Crippen MR) is 62.5 cm³/mol. The van der Waals surface area contributed by atoms with Crippen molar-refractivity contribution in [2.45, 2.75) is 6.54 Å². The van der Waals surface area contributed by atoms with E-state index in [2.05, 4.69) is 17.0 Å². The van der Waals surface area contributed by atoms with Gasteiger partial charge in [-0.1, -0.05) is 6.08 Å². The van der Waals surface area contributed by atoms with Gasteiger partial charge in [-0.3, -0.25) is 10.1 Å². The molecule has 92 valence electrons. The Morgan fingerprint density at radius 1 is 1.33 bits per heavy atom. The highest BCUT2D eigenvalue weighted by atomic mass is 16.6. The van der Waals surface area contributed by atoms with Gasteiger partial charge in [0.15, 0.2) is 0 Å². The van der Waals surface area contributed by atoms with Crippen LogP contribution >= 0.6 is 0 Å². The van der Waals surface area contributed by atoms with Crippen LogP contribution < -0.4 is 5.69 Å². The van der Waals surface area contributed by atoms with Gasteiger partial charge in [-0.15, -0.1) is 6.58 Å². The molecule has 0 aliphatic rings. The summed E-state index contributed by atoms with van der Waals surface area (Å²) >= 11 is 0. The van der Waals surface area contributed by atoms with E-state index in [1.807, 2.05) is 0 Å². The van der Waals surface area contributed by atoms with E-state index in [-0.39, 0.29) is 12.2 Å². The molecule has 0 atom stereocenters. The molecule has 1 aromatic heterocycles. The van der Waals surface area contributed by atoms with Crippen LogP contribution in [-0.2, 0) is 6.54 Å². The minimum absolute atomic E-state index is 0.0507. The first kappa shape index (κ1) is 11.7. The summed E-state index contributed by atoms with van der Waals surface area (Å²) in [6.07, 6.45) is 1.52. The van der Waals surface area contributed by atoms with Gasteiger partial charge < -0.3 is 0 Å². The zero-order valence-electron chi connectivity index (χ0n) is 9.26. The number of aromatic nitrogens is 4. The van der Waals surface area contributed by atoms with Crippen molar-refractivity contribution >= 4 is 5.69 Å². The van der Waals surface area contributed by atoms with Crippen molar-refractivity contribution in [3.05, 3.63) is 57.5 Å². The molecular formula is C10H9N5O3. The van der Waals surface area contributed by atoms with E-state index >= 15 is 0 Å². The van der Waals surface area contributed by atoms with Gasteiger partial charge in [0.1, 0.15) is 0 Å². The minimum atomic E-state index is -0.513. The Morgan fingerprint density at radius 3 is 2.56 bits per heavy atom. The van der Waals surface area contributed by atoms with Crippen LogP contribution in [0.1, 0.15) is 0 Å². The molecule has 18 heavy (non-hydrogen) atoms. The van der Waals surface area contributed by atoms with Crippen molar-refractivity contribution in [1.82, 2.24) is 19.8 Å². The van der Waals surface area contributed by atoms with Crippen LogP contribution in [0, 0.1) is 10.1 Å². The van der Waals surface area contributed by atoms with E-state index in [4.69, 9.17) is 0 Å². The summed E-state index contributed by atoms with van der Waals surface area (Å²) in [7, 11) is 0. The first-order chi connectivity index (χ1) is 8.63. The molecule has 2 rings (SSSR count). The second-order valence-electron chi connectivity index (χ2n) is 3.42. The van der Waals surface area contributed by atoms with Crippen LogP contribution in [0.4, 0.5) is 5.69 Å². The van der Waals surface area contributed by atoms with Gasteiger partial charge in [-0.25, -0.2) is 4.79 Å². The highest BCUT2D eigenvalue weighted by Gasteiger charge is 2.09. The van der Waals surface area contributed by atoms with Crippen molar-refractivity contribution < 1.29 is 4.92 Å². The Bertz CT molecular complexity index is 640. The average molecular weight is 247 g/mol. The number of tetrazole rings is 1. The van der Waals surface area contributed by atoms with Crippen molar-refractivity contribution in [2.75, 3.05) is 0 Å². The smallest absolute Gasteiger partial charge is 0.258 e. The van der Waals surface area contributed by atoms with Crippen molar-refractivity contribution in [2.24, 2.45) is 0 Å². The SMILES string of the molecule is C=CCn1nnn(-c2ccc([N+](=O)[O-])cc2)c1=O. The Hall–Kier alpha value is -2.77. The lowest BCUT2D eigenvalue weighted by molar-refractivity contribution is -0.384. The molecule has 0 N–H and O–H groups in total. The molecule has 0 radical (unpaired) electrons. The van der Waals surface area contributed by atoms with Crippen molar-refractivity contribution in [1.29, 1.82) is 0 Å². The standard InChI is InChI=1S/C10H9N5O3/c1-2-7-13-10(16)14(12-11-13)8-3-5-9(6-4-8)15(17)18/h2-6H,1,7H2. The number of hydrogen-bond acceptors (Lipinski definition) is 5. The van der Waals surface area contributed by atoms with E-state index < -0.39 is 10.6 Å². The Morgan fingerprint density at radius 2 is 2.00 bits per heavy atom. The quantitative estimate of drug-likeness (QED) is 0.446. The molecule has 0 spiro atoms. The summed E-state index contributed by atoms with van der Waals surface area (Å²) in [5, 5.41) is 17.8. The van der Waals surface area contributed by atoms with Crippen LogP contribution in [0.15, 0.2) is 41.7 Å². The van der Waals surface area contributed by atoms with Crippen LogP contribution in [0.5, 0.6) is 0 Å². The fourth-order valence-corrected chi connectivity index (χ4v) is 1.39. The van der Waals surface area contributed by atoms with E-state index in [0.29, 0.717) is 5.69 Å². The largest absolute Gasteiger partial charge is 0.368 e. The van der Waals surface area contributed by atoms with Gasteiger partial charge in [0.2, 0.25) is 0 Å². The molecule has 0 saturated heterocycles. The van der Waals surface area contributed by atoms with Crippen molar-refractivity contribution in [3.8, 4) is 5.69 Å². The number of nitro groups is 1. The molecule has 8 nitrogen and oxygen atoms in total. The van der Waals surface area contributed by atoms with Gasteiger partial charge in [0, 0.05) is 12.1 Å². The summed E-state index contributed by atoms with van der Waals surface area (Å²) < 4.78 is 2.20. The van der Waals surface area contributed by atoms with Crippen LogP contribution in [0.25, 0.3) is 5.69 Å². The van der Waals surface area contributed by atoms with E-state index in [1.54, 1.807) is 0 Å². The zero-order valence-corrected chi connectivity index (χ0v) is 9.26. The molecule has 0 aliphatic carbocycles. The Balaban J connectivity index is 2.40. The maximum Gasteiger partial charge on any atom is 0.368 e. The Kier molecular flexibility index (Phi) is 3.00. The number of rotatable bonds is 4. The number of allylic oxidation sites excluding steroid dienone is 1. The maximum atomic E-state index is 11.8. The number of hydrogen-bond donors (Lipinski definition) is 0. The number of benzene rings is 1. The van der Waals surface area contributed by atoms with E-state index in [0.717, 1.165) is 9.36 Å². The lowest BCUT2D eigenvalue weighted by atomic mass is 10.3. The first-order valence-electron chi connectivity index (χ1n) is 5.02. The summed E-state index contributed by atoms with van der Waals surface area (Å²) in [6, 6.07) is 5.47. The average Bonchev–Trinajstić information content (AvgIpc) is 2.72. The number of nitrogens with zero attached hydrogens (tertiary/aromatic N) is 5. The van der Waals surface area contributed by atoms with E-state index in [9.17, 15) is 14.9 Å². The van der Waals surface area contributed by atoms with Gasteiger partial charge in [0.25, 0.3) is 5.69 Å². The molecule has 0 amide bonds. The third kappa shape index (κ3) is 2.03. The molecule has 8 heteroatoms. The third-order valence-corrected chi connectivity index (χ3v) is 2.25. The van der Waals surface area contributed by atoms with Gasteiger partial charge in [-0.05, 0) is 22.6 Å². The number of nitro benzene ring substituents is 1. The van der Waals surface area contributed by atoms with Gasteiger partial charge in [0.05, 0.1) is 17.2 Å². The highest BCUT2D eigenvalue weighted by Crippen LogP contribution is 2.12. The second-order valence-corrected chi connectivity index (χ2v) is 3.42. The second kappa shape index (κ2) is 4.62. The van der Waals surface area contributed by atoms with Crippen LogP contribution in [0.2, 0.25) is 0 Å². The molecule has 0 fully saturated rings. The molecule has 0 unspecified atom stereocenters. The molecule has 0 saturated carbocycles. The van der Waals surface area contributed by atoms with Crippen molar-refractivity contribution in [3.63, 3.8) is 0 Å². The third-order valence-electron chi connectivity index (χ3n) is 2.25. The summed E-state index contributed by atoms with van der Waals surface area (Å²) in [6.45, 7) is 3.75. The lowest BCUT2D eigenvalue weighted by Gasteiger charge is -1.97.